The number of halogens is 4. The monoisotopic (exact) mass is 359 g/mol. The standard InChI is InChI=1S/C10H9F3INO2/c1-4(14)3-15-9-7(12)5(10(16)17)2-6(11)8(9)13/h2,4,15H,3H2,1H3,(H,16,17). The molecule has 94 valence electrons. The van der Waals surface area contributed by atoms with E-state index in [9.17, 15) is 18.0 Å². The Morgan fingerprint density at radius 2 is 2.06 bits per heavy atom. The van der Waals surface area contributed by atoms with Crippen molar-refractivity contribution >= 4 is 34.2 Å². The summed E-state index contributed by atoms with van der Waals surface area (Å²) in [6, 6.07) is 0.325. The first-order valence-corrected chi connectivity index (χ1v) is 5.88. The average molecular weight is 359 g/mol. The molecule has 1 aromatic rings. The largest absolute Gasteiger partial charge is 0.478 e. The number of rotatable bonds is 4. The van der Waals surface area contributed by atoms with Crippen molar-refractivity contribution in [1.29, 1.82) is 0 Å². The Morgan fingerprint density at radius 3 is 2.53 bits per heavy atom. The van der Waals surface area contributed by atoms with Crippen molar-refractivity contribution < 1.29 is 23.1 Å². The number of carboxylic acid groups (broad SMARTS) is 1. The molecule has 1 aromatic carbocycles. The van der Waals surface area contributed by atoms with Gasteiger partial charge in [0.1, 0.15) is 11.3 Å². The van der Waals surface area contributed by atoms with E-state index in [1.165, 1.54) is 0 Å². The molecule has 1 atom stereocenters. The van der Waals surface area contributed by atoms with Crippen molar-refractivity contribution in [3.8, 4) is 0 Å². The minimum absolute atomic E-state index is 0.0444. The summed E-state index contributed by atoms with van der Waals surface area (Å²) in [6.07, 6.45) is 0. The van der Waals surface area contributed by atoms with Gasteiger partial charge in [0.05, 0.1) is 0 Å². The van der Waals surface area contributed by atoms with Gasteiger partial charge in [-0.1, -0.05) is 29.5 Å². The lowest BCUT2D eigenvalue weighted by molar-refractivity contribution is 0.0691. The van der Waals surface area contributed by atoms with E-state index in [-0.39, 0.29) is 10.5 Å². The first-order valence-electron chi connectivity index (χ1n) is 4.63. The number of hydrogen-bond donors (Lipinski definition) is 2. The van der Waals surface area contributed by atoms with Gasteiger partial charge in [-0.2, -0.15) is 0 Å². The van der Waals surface area contributed by atoms with E-state index >= 15 is 0 Å². The zero-order chi connectivity index (χ0) is 13.2. The molecule has 0 fully saturated rings. The van der Waals surface area contributed by atoms with Gasteiger partial charge in [-0.05, 0) is 6.07 Å². The van der Waals surface area contributed by atoms with Crippen molar-refractivity contribution in [2.75, 3.05) is 11.9 Å². The van der Waals surface area contributed by atoms with Crippen LogP contribution in [0.15, 0.2) is 6.07 Å². The highest BCUT2D eigenvalue weighted by atomic mass is 127. The normalized spacial score (nSPS) is 12.3. The first kappa shape index (κ1) is 14.1. The zero-order valence-electron chi connectivity index (χ0n) is 8.73. The number of benzene rings is 1. The molecule has 0 amide bonds. The van der Waals surface area contributed by atoms with Crippen LogP contribution in [-0.4, -0.2) is 21.5 Å². The number of alkyl halides is 1. The second-order valence-corrected chi connectivity index (χ2v) is 5.50. The van der Waals surface area contributed by atoms with Gasteiger partial charge < -0.3 is 10.4 Å². The van der Waals surface area contributed by atoms with Crippen LogP contribution in [0, 0.1) is 17.5 Å². The summed E-state index contributed by atoms with van der Waals surface area (Å²) in [4.78, 5) is 10.6. The Kier molecular flexibility index (Phi) is 4.61. The molecule has 0 spiro atoms. The van der Waals surface area contributed by atoms with Crippen molar-refractivity contribution in [2.45, 2.75) is 10.8 Å². The number of nitrogens with one attached hydrogen (secondary N) is 1. The summed E-state index contributed by atoms with van der Waals surface area (Å²) >= 11 is 2.01. The smallest absolute Gasteiger partial charge is 0.338 e. The summed E-state index contributed by atoms with van der Waals surface area (Å²) in [6.45, 7) is 1.97. The predicted octanol–water partition coefficient (Wildman–Crippen LogP) is 3.04. The maximum absolute atomic E-state index is 13.6. The quantitative estimate of drug-likeness (QED) is 0.494. The van der Waals surface area contributed by atoms with E-state index in [1.54, 1.807) is 6.92 Å². The minimum atomic E-state index is -1.65. The fourth-order valence-electron chi connectivity index (χ4n) is 1.16. The third-order valence-corrected chi connectivity index (χ3v) is 2.39. The lowest BCUT2D eigenvalue weighted by Gasteiger charge is -2.12. The molecule has 0 aromatic heterocycles. The molecule has 0 heterocycles. The molecule has 17 heavy (non-hydrogen) atoms. The van der Waals surface area contributed by atoms with Gasteiger partial charge in [-0.3, -0.25) is 0 Å². The Labute approximate surface area is 109 Å². The maximum atomic E-state index is 13.6. The van der Waals surface area contributed by atoms with Crippen molar-refractivity contribution in [2.24, 2.45) is 0 Å². The van der Waals surface area contributed by atoms with Crippen LogP contribution in [0.5, 0.6) is 0 Å². The summed E-state index contributed by atoms with van der Waals surface area (Å²) < 4.78 is 39.9. The molecular formula is C10H9F3INO2. The van der Waals surface area contributed by atoms with Gasteiger partial charge in [0.2, 0.25) is 0 Å². The Balaban J connectivity index is 3.22. The molecule has 0 bridgehead atoms. The molecule has 2 N–H and O–H groups in total. The second kappa shape index (κ2) is 5.56. The summed E-state index contributed by atoms with van der Waals surface area (Å²) in [5.74, 6) is -5.75. The van der Waals surface area contributed by atoms with E-state index in [0.717, 1.165) is 0 Å². The van der Waals surface area contributed by atoms with E-state index in [1.807, 2.05) is 22.6 Å². The molecule has 7 heteroatoms. The van der Waals surface area contributed by atoms with Crippen LogP contribution in [0.25, 0.3) is 0 Å². The van der Waals surface area contributed by atoms with Crippen LogP contribution in [0.4, 0.5) is 18.9 Å². The van der Waals surface area contributed by atoms with Crippen molar-refractivity contribution in [3.05, 3.63) is 29.1 Å². The third kappa shape index (κ3) is 3.24. The Morgan fingerprint density at radius 1 is 1.47 bits per heavy atom. The number of anilines is 1. The Bertz CT molecular complexity index is 452. The summed E-state index contributed by atoms with van der Waals surface area (Å²) in [5.41, 5.74) is -1.64. The van der Waals surface area contributed by atoms with Gasteiger partial charge >= 0.3 is 5.97 Å². The SMILES string of the molecule is CC(I)CNc1c(F)c(F)cc(C(=O)O)c1F. The highest BCUT2D eigenvalue weighted by Gasteiger charge is 2.22. The molecule has 0 aliphatic heterocycles. The molecule has 1 rings (SSSR count). The number of carbonyl (C=O) groups is 1. The van der Waals surface area contributed by atoms with Crippen molar-refractivity contribution in [1.82, 2.24) is 0 Å². The predicted molar refractivity (Wildman–Crippen MR) is 65.2 cm³/mol. The lowest BCUT2D eigenvalue weighted by atomic mass is 10.1. The fraction of sp³-hybridized carbons (Fsp3) is 0.300. The van der Waals surface area contributed by atoms with E-state index < -0.39 is 34.7 Å². The van der Waals surface area contributed by atoms with Gasteiger partial charge in [0, 0.05) is 10.5 Å². The van der Waals surface area contributed by atoms with Gasteiger partial charge in [0.15, 0.2) is 17.5 Å². The molecule has 0 saturated heterocycles. The van der Waals surface area contributed by atoms with Crippen LogP contribution < -0.4 is 5.32 Å². The third-order valence-electron chi connectivity index (χ3n) is 1.95. The summed E-state index contributed by atoms with van der Waals surface area (Å²) in [7, 11) is 0. The lowest BCUT2D eigenvalue weighted by Crippen LogP contribution is -2.15. The van der Waals surface area contributed by atoms with Crippen LogP contribution >= 0.6 is 22.6 Å². The fourth-order valence-corrected chi connectivity index (χ4v) is 1.38. The molecule has 0 aliphatic carbocycles. The highest BCUT2D eigenvalue weighted by Crippen LogP contribution is 2.25. The van der Waals surface area contributed by atoms with Crippen molar-refractivity contribution in [3.63, 3.8) is 0 Å². The van der Waals surface area contributed by atoms with E-state index in [4.69, 9.17) is 5.11 Å². The average Bonchev–Trinajstić information content (AvgIpc) is 2.22. The number of hydrogen-bond acceptors (Lipinski definition) is 2. The Hall–Kier alpha value is -0.990. The minimum Gasteiger partial charge on any atom is -0.478 e. The molecule has 1 unspecified atom stereocenters. The van der Waals surface area contributed by atoms with Crippen LogP contribution in [-0.2, 0) is 0 Å². The zero-order valence-corrected chi connectivity index (χ0v) is 10.9. The highest BCUT2D eigenvalue weighted by molar-refractivity contribution is 14.1. The van der Waals surface area contributed by atoms with Crippen LogP contribution in [0.2, 0.25) is 0 Å². The molecule has 0 saturated carbocycles. The van der Waals surface area contributed by atoms with Crippen LogP contribution in [0.3, 0.4) is 0 Å². The van der Waals surface area contributed by atoms with Gasteiger partial charge in [-0.15, -0.1) is 0 Å². The van der Waals surface area contributed by atoms with Crippen LogP contribution in [0.1, 0.15) is 17.3 Å². The molecule has 3 nitrogen and oxygen atoms in total. The van der Waals surface area contributed by atoms with E-state index in [0.29, 0.717) is 6.07 Å². The van der Waals surface area contributed by atoms with E-state index in [2.05, 4.69) is 5.32 Å². The van der Waals surface area contributed by atoms with Gasteiger partial charge in [0.25, 0.3) is 0 Å². The second-order valence-electron chi connectivity index (χ2n) is 3.38. The van der Waals surface area contributed by atoms with Gasteiger partial charge in [-0.25, -0.2) is 18.0 Å². The maximum Gasteiger partial charge on any atom is 0.338 e. The molecule has 0 aliphatic rings. The first-order chi connectivity index (χ1) is 7.84. The topological polar surface area (TPSA) is 49.3 Å². The number of carboxylic acids is 1. The number of aromatic carboxylic acids is 1. The molecular weight excluding hydrogens is 350 g/mol. The molecule has 0 radical (unpaired) electrons. The summed E-state index contributed by atoms with van der Waals surface area (Å²) in [5, 5.41) is 11.0.